The highest BCUT2D eigenvalue weighted by Crippen LogP contribution is 1.97. The molecule has 0 radical (unpaired) electrons. The minimum atomic E-state index is 0.429. The number of allylic oxidation sites excluding steroid dienone is 3. The van der Waals surface area contributed by atoms with E-state index in [1.165, 1.54) is 0 Å². The summed E-state index contributed by atoms with van der Waals surface area (Å²) >= 11 is 0. The van der Waals surface area contributed by atoms with Gasteiger partial charge in [0.2, 0.25) is 0 Å². The molecule has 0 aromatic carbocycles. The summed E-state index contributed by atoms with van der Waals surface area (Å²) in [5.41, 5.74) is 6.73. The van der Waals surface area contributed by atoms with Crippen LogP contribution in [0.2, 0.25) is 0 Å². The largest absolute Gasteiger partial charge is 0.327 e. The van der Waals surface area contributed by atoms with Crippen molar-refractivity contribution >= 4 is 0 Å². The van der Waals surface area contributed by atoms with Crippen LogP contribution in [0.5, 0.6) is 0 Å². The Morgan fingerprint density at radius 1 is 1.64 bits per heavy atom. The predicted octanol–water partition coefficient (Wildman–Crippen LogP) is 1.53. The lowest BCUT2D eigenvalue weighted by molar-refractivity contribution is 1.19. The first-order chi connectivity index (χ1) is 5.24. The summed E-state index contributed by atoms with van der Waals surface area (Å²) < 4.78 is 0. The molecular formula is C9H12N2. The molecule has 0 unspecified atom stereocenters. The highest BCUT2D eigenvalue weighted by molar-refractivity contribution is 5.35. The predicted molar refractivity (Wildman–Crippen MR) is 46.7 cm³/mol. The standard InChI is InChI=1S/C9H12N2/c1-3-9(7-11)5-4-8(2)6-10/h3-5H,2,6,10H2,1H3/b5-4-,9-3+. The van der Waals surface area contributed by atoms with Gasteiger partial charge in [-0.25, -0.2) is 0 Å². The van der Waals surface area contributed by atoms with Crippen molar-refractivity contribution in [2.24, 2.45) is 5.73 Å². The summed E-state index contributed by atoms with van der Waals surface area (Å²) in [4.78, 5) is 0. The number of hydrogen-bond donors (Lipinski definition) is 1. The molecule has 0 aromatic rings. The maximum Gasteiger partial charge on any atom is 0.0988 e. The molecule has 0 amide bonds. The van der Waals surface area contributed by atoms with Gasteiger partial charge in [0, 0.05) is 12.1 Å². The molecule has 0 aliphatic carbocycles. The quantitative estimate of drug-likeness (QED) is 0.487. The van der Waals surface area contributed by atoms with Gasteiger partial charge in [0.05, 0.1) is 6.07 Å². The third-order valence-electron chi connectivity index (χ3n) is 1.20. The van der Waals surface area contributed by atoms with Crippen LogP contribution in [0.15, 0.2) is 36.0 Å². The van der Waals surface area contributed by atoms with Crippen molar-refractivity contribution < 1.29 is 0 Å². The molecule has 2 heteroatoms. The normalized spacial score (nSPS) is 11.5. The third kappa shape index (κ3) is 4.12. The van der Waals surface area contributed by atoms with Crippen LogP contribution < -0.4 is 5.73 Å². The molecular weight excluding hydrogens is 136 g/mol. The van der Waals surface area contributed by atoms with Crippen molar-refractivity contribution in [1.82, 2.24) is 0 Å². The van der Waals surface area contributed by atoms with E-state index in [0.29, 0.717) is 12.1 Å². The average molecular weight is 148 g/mol. The highest BCUT2D eigenvalue weighted by Gasteiger charge is 1.85. The monoisotopic (exact) mass is 148 g/mol. The second-order valence-corrected chi connectivity index (χ2v) is 2.05. The van der Waals surface area contributed by atoms with E-state index >= 15 is 0 Å². The molecule has 0 saturated carbocycles. The number of hydrogen-bond acceptors (Lipinski definition) is 2. The second kappa shape index (κ2) is 5.45. The molecule has 0 rings (SSSR count). The zero-order valence-corrected chi connectivity index (χ0v) is 6.67. The number of nitriles is 1. The van der Waals surface area contributed by atoms with Crippen molar-refractivity contribution in [2.75, 3.05) is 6.54 Å². The van der Waals surface area contributed by atoms with Gasteiger partial charge < -0.3 is 5.73 Å². The van der Waals surface area contributed by atoms with Crippen LogP contribution in [0.25, 0.3) is 0 Å². The Labute approximate surface area is 67.3 Å². The van der Waals surface area contributed by atoms with Crippen LogP contribution in [0, 0.1) is 11.3 Å². The second-order valence-electron chi connectivity index (χ2n) is 2.05. The van der Waals surface area contributed by atoms with Crippen LogP contribution in [0.3, 0.4) is 0 Å². The van der Waals surface area contributed by atoms with Crippen LogP contribution in [0.4, 0.5) is 0 Å². The Morgan fingerprint density at radius 3 is 2.64 bits per heavy atom. The molecule has 0 aliphatic rings. The van der Waals surface area contributed by atoms with Gasteiger partial charge in [0.1, 0.15) is 0 Å². The van der Waals surface area contributed by atoms with Crippen LogP contribution in [-0.4, -0.2) is 6.54 Å². The summed E-state index contributed by atoms with van der Waals surface area (Å²) in [5, 5.41) is 8.48. The fourth-order valence-electron chi connectivity index (χ4n) is 0.474. The van der Waals surface area contributed by atoms with Crippen molar-refractivity contribution in [2.45, 2.75) is 6.92 Å². The molecule has 2 nitrogen and oxygen atoms in total. The van der Waals surface area contributed by atoms with Crippen molar-refractivity contribution in [3.8, 4) is 6.07 Å². The van der Waals surface area contributed by atoms with E-state index in [1.54, 1.807) is 18.2 Å². The van der Waals surface area contributed by atoms with Gasteiger partial charge in [-0.3, -0.25) is 0 Å². The van der Waals surface area contributed by atoms with Crippen LogP contribution in [0.1, 0.15) is 6.92 Å². The molecule has 0 heterocycles. The number of rotatable bonds is 3. The molecule has 0 aromatic heterocycles. The Morgan fingerprint density at radius 2 is 2.27 bits per heavy atom. The van der Waals surface area contributed by atoms with Gasteiger partial charge in [0.15, 0.2) is 0 Å². The Bertz CT molecular complexity index is 228. The van der Waals surface area contributed by atoms with E-state index in [2.05, 4.69) is 6.58 Å². The minimum Gasteiger partial charge on any atom is -0.327 e. The Hall–Kier alpha value is -1.33. The van der Waals surface area contributed by atoms with Crippen LogP contribution >= 0.6 is 0 Å². The number of nitrogens with zero attached hydrogens (tertiary/aromatic N) is 1. The zero-order valence-electron chi connectivity index (χ0n) is 6.67. The molecule has 2 N–H and O–H groups in total. The SMILES string of the molecule is C=C(/C=C\C(C#N)=C/C)CN. The zero-order chi connectivity index (χ0) is 8.69. The fraction of sp³-hybridized carbons (Fsp3) is 0.222. The van der Waals surface area contributed by atoms with E-state index < -0.39 is 0 Å². The first-order valence-electron chi connectivity index (χ1n) is 3.37. The van der Waals surface area contributed by atoms with Crippen molar-refractivity contribution in [3.63, 3.8) is 0 Å². The van der Waals surface area contributed by atoms with E-state index in [-0.39, 0.29) is 0 Å². The van der Waals surface area contributed by atoms with Gasteiger partial charge in [-0.05, 0) is 18.6 Å². The molecule has 58 valence electrons. The summed E-state index contributed by atoms with van der Waals surface area (Å²) in [6.45, 7) is 5.91. The van der Waals surface area contributed by atoms with Gasteiger partial charge in [0.25, 0.3) is 0 Å². The third-order valence-corrected chi connectivity index (χ3v) is 1.20. The maximum atomic E-state index is 8.48. The molecule has 0 saturated heterocycles. The first kappa shape index (κ1) is 9.67. The smallest absolute Gasteiger partial charge is 0.0988 e. The van der Waals surface area contributed by atoms with Crippen molar-refractivity contribution in [3.05, 3.63) is 36.0 Å². The summed E-state index contributed by atoms with van der Waals surface area (Å²) in [7, 11) is 0. The maximum absolute atomic E-state index is 8.48. The Kier molecular flexibility index (Phi) is 4.80. The van der Waals surface area contributed by atoms with E-state index in [1.807, 2.05) is 13.0 Å². The summed E-state index contributed by atoms with van der Waals surface area (Å²) in [6, 6.07) is 2.02. The first-order valence-corrected chi connectivity index (χ1v) is 3.37. The lowest BCUT2D eigenvalue weighted by Gasteiger charge is -1.90. The molecule has 0 atom stereocenters. The molecule has 0 fully saturated rings. The van der Waals surface area contributed by atoms with Gasteiger partial charge in [-0.2, -0.15) is 5.26 Å². The van der Waals surface area contributed by atoms with E-state index in [9.17, 15) is 0 Å². The van der Waals surface area contributed by atoms with E-state index in [4.69, 9.17) is 11.0 Å². The van der Waals surface area contributed by atoms with Gasteiger partial charge in [-0.15, -0.1) is 0 Å². The lowest BCUT2D eigenvalue weighted by atomic mass is 10.2. The summed E-state index contributed by atoms with van der Waals surface area (Å²) in [6.07, 6.45) is 5.19. The van der Waals surface area contributed by atoms with E-state index in [0.717, 1.165) is 5.57 Å². The molecule has 0 bridgehead atoms. The highest BCUT2D eigenvalue weighted by atomic mass is 14.5. The Balaban J connectivity index is 4.15. The van der Waals surface area contributed by atoms with Crippen molar-refractivity contribution in [1.29, 1.82) is 5.26 Å². The molecule has 11 heavy (non-hydrogen) atoms. The molecule has 0 aliphatic heterocycles. The van der Waals surface area contributed by atoms with Gasteiger partial charge >= 0.3 is 0 Å². The average Bonchev–Trinajstić information content (AvgIpc) is 2.06. The molecule has 0 spiro atoms. The summed E-state index contributed by atoms with van der Waals surface area (Å²) in [5.74, 6) is 0. The minimum absolute atomic E-state index is 0.429. The number of nitrogens with two attached hydrogens (primary N) is 1. The lowest BCUT2D eigenvalue weighted by Crippen LogP contribution is -1.98. The fourth-order valence-corrected chi connectivity index (χ4v) is 0.474. The van der Waals surface area contributed by atoms with Gasteiger partial charge in [-0.1, -0.05) is 18.7 Å². The van der Waals surface area contributed by atoms with Crippen LogP contribution in [-0.2, 0) is 0 Å². The topological polar surface area (TPSA) is 49.8 Å².